The number of primary sulfonamides is 1. The molecule has 3 N–H and O–H groups in total. The largest absolute Gasteiger partial charge is 0.394 e. The third-order valence-corrected chi connectivity index (χ3v) is 4.74. The molecular weight excluding hydrogens is 282 g/mol. The van der Waals surface area contributed by atoms with E-state index in [9.17, 15) is 18.3 Å². The highest BCUT2D eigenvalue weighted by molar-refractivity contribution is 7.89. The van der Waals surface area contributed by atoms with E-state index in [1.165, 1.54) is 16.8 Å². The minimum absolute atomic E-state index is 0.0869. The van der Waals surface area contributed by atoms with Crippen molar-refractivity contribution in [3.8, 4) is 0 Å². The lowest BCUT2D eigenvalue weighted by Gasteiger charge is -2.25. The first-order valence-electron chi connectivity index (χ1n) is 6.36. The van der Waals surface area contributed by atoms with E-state index >= 15 is 0 Å². The predicted molar refractivity (Wildman–Crippen MR) is 72.5 cm³/mol. The van der Waals surface area contributed by atoms with Crippen LogP contribution in [0, 0.1) is 5.92 Å². The Labute approximate surface area is 118 Å². The smallest absolute Gasteiger partial charge is 0.270 e. The SMILES string of the molecule is CC1CCN(C(=O)c2cc(S(N)(=O)=O)cn2C)C1CO. The number of nitrogens with two attached hydrogens (primary N) is 1. The second-order valence-corrected chi connectivity index (χ2v) is 6.79. The van der Waals surface area contributed by atoms with Crippen molar-refractivity contribution in [2.45, 2.75) is 24.3 Å². The highest BCUT2D eigenvalue weighted by Crippen LogP contribution is 2.26. The fourth-order valence-electron chi connectivity index (χ4n) is 2.59. The number of carbonyl (C=O) groups is 1. The highest BCUT2D eigenvalue weighted by Gasteiger charge is 2.35. The van der Waals surface area contributed by atoms with Crippen LogP contribution in [0.3, 0.4) is 0 Å². The maximum absolute atomic E-state index is 12.5. The lowest BCUT2D eigenvalue weighted by molar-refractivity contribution is 0.0638. The van der Waals surface area contributed by atoms with Crippen LogP contribution in [0.1, 0.15) is 23.8 Å². The van der Waals surface area contributed by atoms with E-state index in [0.29, 0.717) is 6.54 Å². The summed E-state index contributed by atoms with van der Waals surface area (Å²) in [6.07, 6.45) is 2.14. The lowest BCUT2D eigenvalue weighted by Crippen LogP contribution is -2.40. The van der Waals surface area contributed by atoms with Gasteiger partial charge in [-0.1, -0.05) is 6.92 Å². The van der Waals surface area contributed by atoms with Gasteiger partial charge < -0.3 is 14.6 Å². The molecule has 20 heavy (non-hydrogen) atoms. The van der Waals surface area contributed by atoms with E-state index in [2.05, 4.69) is 0 Å². The number of aromatic nitrogens is 1. The summed E-state index contributed by atoms with van der Waals surface area (Å²) in [4.78, 5) is 14.0. The molecule has 2 rings (SSSR count). The van der Waals surface area contributed by atoms with Crippen molar-refractivity contribution < 1.29 is 18.3 Å². The quantitative estimate of drug-likeness (QED) is 0.786. The minimum atomic E-state index is -3.83. The first-order chi connectivity index (χ1) is 9.25. The van der Waals surface area contributed by atoms with Crippen LogP contribution in [0.25, 0.3) is 0 Å². The van der Waals surface area contributed by atoms with Crippen LogP contribution in [-0.4, -0.2) is 48.1 Å². The van der Waals surface area contributed by atoms with Crippen molar-refractivity contribution in [2.24, 2.45) is 18.1 Å². The van der Waals surface area contributed by atoms with Gasteiger partial charge in [0.05, 0.1) is 12.6 Å². The molecule has 1 aromatic rings. The molecule has 0 aliphatic carbocycles. The number of aliphatic hydroxyl groups is 1. The molecule has 1 aliphatic rings. The van der Waals surface area contributed by atoms with Gasteiger partial charge in [-0.05, 0) is 18.4 Å². The first kappa shape index (κ1) is 15.0. The zero-order valence-corrected chi connectivity index (χ0v) is 12.3. The Balaban J connectivity index is 2.33. The van der Waals surface area contributed by atoms with Gasteiger partial charge in [-0.2, -0.15) is 0 Å². The van der Waals surface area contributed by atoms with Crippen molar-refractivity contribution in [3.05, 3.63) is 18.0 Å². The summed E-state index contributed by atoms with van der Waals surface area (Å²) in [5.41, 5.74) is 0.251. The Bertz CT molecular complexity index is 623. The lowest BCUT2D eigenvalue weighted by atomic mass is 10.0. The van der Waals surface area contributed by atoms with E-state index in [0.717, 1.165) is 6.42 Å². The van der Waals surface area contributed by atoms with Gasteiger partial charge in [0, 0.05) is 19.8 Å². The number of amides is 1. The number of nitrogens with zero attached hydrogens (tertiary/aromatic N) is 2. The number of aliphatic hydroxyl groups excluding tert-OH is 1. The summed E-state index contributed by atoms with van der Waals surface area (Å²) in [6.45, 7) is 2.44. The molecule has 0 aromatic carbocycles. The fourth-order valence-corrected chi connectivity index (χ4v) is 3.17. The van der Waals surface area contributed by atoms with Crippen molar-refractivity contribution in [1.29, 1.82) is 0 Å². The highest BCUT2D eigenvalue weighted by atomic mass is 32.2. The molecule has 2 unspecified atom stereocenters. The molecule has 1 aromatic heterocycles. The summed E-state index contributed by atoms with van der Waals surface area (Å²) >= 11 is 0. The summed E-state index contributed by atoms with van der Waals surface area (Å²) in [6, 6.07) is 1.05. The van der Waals surface area contributed by atoms with E-state index in [1.807, 2.05) is 6.92 Å². The van der Waals surface area contributed by atoms with Crippen LogP contribution in [-0.2, 0) is 17.1 Å². The topological polar surface area (TPSA) is 106 Å². The van der Waals surface area contributed by atoms with Gasteiger partial charge in [0.1, 0.15) is 10.6 Å². The number of hydrogen-bond acceptors (Lipinski definition) is 4. The van der Waals surface area contributed by atoms with Crippen molar-refractivity contribution in [3.63, 3.8) is 0 Å². The molecule has 2 heterocycles. The van der Waals surface area contributed by atoms with Gasteiger partial charge in [-0.3, -0.25) is 4.79 Å². The van der Waals surface area contributed by atoms with Crippen molar-refractivity contribution in [1.82, 2.24) is 9.47 Å². The number of hydrogen-bond donors (Lipinski definition) is 2. The van der Waals surface area contributed by atoms with Gasteiger partial charge in [-0.15, -0.1) is 0 Å². The van der Waals surface area contributed by atoms with Crippen LogP contribution >= 0.6 is 0 Å². The molecule has 112 valence electrons. The second kappa shape index (κ2) is 5.19. The molecule has 0 spiro atoms. The van der Waals surface area contributed by atoms with Crippen LogP contribution in [0.2, 0.25) is 0 Å². The Kier molecular flexibility index (Phi) is 3.90. The fraction of sp³-hybridized carbons (Fsp3) is 0.583. The molecule has 1 aliphatic heterocycles. The van der Waals surface area contributed by atoms with E-state index < -0.39 is 10.0 Å². The van der Waals surface area contributed by atoms with Gasteiger partial charge in [-0.25, -0.2) is 13.6 Å². The molecule has 2 atom stereocenters. The number of likely N-dealkylation sites (tertiary alicyclic amines) is 1. The zero-order chi connectivity index (χ0) is 15.1. The third-order valence-electron chi connectivity index (χ3n) is 3.86. The van der Waals surface area contributed by atoms with Gasteiger partial charge in [0.15, 0.2) is 0 Å². The van der Waals surface area contributed by atoms with Gasteiger partial charge in [0.25, 0.3) is 5.91 Å². The van der Waals surface area contributed by atoms with E-state index in [-0.39, 0.29) is 35.1 Å². The van der Waals surface area contributed by atoms with Crippen LogP contribution in [0.4, 0.5) is 0 Å². The van der Waals surface area contributed by atoms with Gasteiger partial charge >= 0.3 is 0 Å². The summed E-state index contributed by atoms with van der Waals surface area (Å²) in [5.74, 6) is -0.0623. The van der Waals surface area contributed by atoms with Gasteiger partial charge in [0.2, 0.25) is 10.0 Å². The number of sulfonamides is 1. The summed E-state index contributed by atoms with van der Waals surface area (Å²) < 4.78 is 24.1. The number of aryl methyl sites for hydroxylation is 1. The molecule has 7 nitrogen and oxygen atoms in total. The number of carbonyl (C=O) groups excluding carboxylic acids is 1. The van der Waals surface area contributed by atoms with E-state index in [1.54, 1.807) is 11.9 Å². The average Bonchev–Trinajstić information content (AvgIpc) is 2.91. The second-order valence-electron chi connectivity index (χ2n) is 5.23. The molecule has 0 bridgehead atoms. The van der Waals surface area contributed by atoms with Crippen LogP contribution in [0.5, 0.6) is 0 Å². The maximum atomic E-state index is 12.5. The normalized spacial score (nSPS) is 23.3. The Hall–Kier alpha value is -1.38. The standard InChI is InChI=1S/C12H19N3O4S/c1-8-3-4-15(11(8)7-16)12(17)10-5-9(6-14(10)2)20(13,18)19/h5-6,8,11,16H,3-4,7H2,1-2H3,(H2,13,18,19). The summed E-state index contributed by atoms with van der Waals surface area (Å²) in [5, 5.41) is 14.5. The van der Waals surface area contributed by atoms with Crippen LogP contribution in [0.15, 0.2) is 17.2 Å². The average molecular weight is 301 g/mol. The first-order valence-corrected chi connectivity index (χ1v) is 7.91. The third kappa shape index (κ3) is 2.58. The van der Waals surface area contributed by atoms with Crippen molar-refractivity contribution >= 4 is 15.9 Å². The molecule has 8 heteroatoms. The Morgan fingerprint density at radius 2 is 2.20 bits per heavy atom. The maximum Gasteiger partial charge on any atom is 0.270 e. The minimum Gasteiger partial charge on any atom is -0.394 e. The Morgan fingerprint density at radius 1 is 1.55 bits per heavy atom. The predicted octanol–water partition coefficient (Wildman–Crippen LogP) is -0.485. The molecule has 0 radical (unpaired) electrons. The molecule has 1 fully saturated rings. The molecule has 0 saturated carbocycles. The molecule has 1 amide bonds. The van der Waals surface area contributed by atoms with Crippen LogP contribution < -0.4 is 5.14 Å². The Morgan fingerprint density at radius 3 is 2.70 bits per heavy atom. The number of rotatable bonds is 3. The monoisotopic (exact) mass is 301 g/mol. The van der Waals surface area contributed by atoms with Crippen molar-refractivity contribution in [2.75, 3.05) is 13.2 Å². The summed E-state index contributed by atoms with van der Waals surface area (Å²) in [7, 11) is -2.24. The van der Waals surface area contributed by atoms with E-state index in [4.69, 9.17) is 5.14 Å². The zero-order valence-electron chi connectivity index (χ0n) is 11.5. The molecule has 1 saturated heterocycles. The molecular formula is C12H19N3O4S.